The molecule has 42 heavy (non-hydrogen) atoms. The Kier molecular flexibility index (Phi) is 8.76. The molecule has 0 atom stereocenters. The van der Waals surface area contributed by atoms with Crippen LogP contribution in [-0.4, -0.2) is 78.6 Å². The summed E-state index contributed by atoms with van der Waals surface area (Å²) >= 11 is 0. The number of rotatable bonds is 9. The molecule has 0 bridgehead atoms. The van der Waals surface area contributed by atoms with E-state index in [-0.39, 0.29) is 11.3 Å². The Balaban J connectivity index is 1.34. The molecule has 0 saturated carbocycles. The van der Waals surface area contributed by atoms with Gasteiger partial charge in [0.15, 0.2) is 5.75 Å². The molecule has 2 aromatic heterocycles. The molecule has 1 fully saturated rings. The first-order valence-corrected chi connectivity index (χ1v) is 15.3. The third-order valence-electron chi connectivity index (χ3n) is 6.89. The maximum absolute atomic E-state index is 13.4. The molecule has 12 heteroatoms. The molecule has 218 valence electrons. The number of nitrogens with one attached hydrogen (secondary N) is 2. The van der Waals surface area contributed by atoms with Gasteiger partial charge < -0.3 is 19.7 Å². The highest BCUT2D eigenvalue weighted by molar-refractivity contribution is 7.86. The Morgan fingerprint density at radius 1 is 1.02 bits per heavy atom. The normalized spacial score (nSPS) is 14.4. The highest BCUT2D eigenvalue weighted by atomic mass is 32.2. The summed E-state index contributed by atoms with van der Waals surface area (Å²) in [4.78, 5) is 31.0. The van der Waals surface area contributed by atoms with Crippen LogP contribution in [0.15, 0.2) is 73.2 Å². The minimum atomic E-state index is -3.86. The number of hydrogen-bond donors (Lipinski definition) is 2. The van der Waals surface area contributed by atoms with Gasteiger partial charge in [-0.15, -0.1) is 0 Å². The molecule has 0 aliphatic carbocycles. The highest BCUT2D eigenvalue weighted by Crippen LogP contribution is 2.27. The van der Waals surface area contributed by atoms with Crippen LogP contribution in [0.2, 0.25) is 0 Å². The molecule has 4 aromatic rings. The predicted octanol–water partition coefficient (Wildman–Crippen LogP) is 3.93. The Labute approximate surface area is 245 Å². The Morgan fingerprint density at radius 2 is 1.83 bits per heavy atom. The van der Waals surface area contributed by atoms with Crippen molar-refractivity contribution < 1.29 is 17.4 Å². The molecule has 1 aliphatic heterocycles. The number of hydrogen-bond acceptors (Lipinski definition) is 10. The first kappa shape index (κ1) is 29.1. The minimum Gasteiger partial charge on any atom is -0.382 e. The smallest absolute Gasteiger partial charge is 0.306 e. The van der Waals surface area contributed by atoms with Crippen LogP contribution in [0.4, 0.5) is 17.3 Å². The maximum Gasteiger partial charge on any atom is 0.306 e. The van der Waals surface area contributed by atoms with Crippen LogP contribution >= 0.6 is 0 Å². The number of aryl methyl sites for hydroxylation is 1. The molecule has 2 N–H and O–H groups in total. The third-order valence-corrected chi connectivity index (χ3v) is 7.37. The standard InChI is InChI=1S/C30H33N7O4S/c1-21-6-8-24(18-27(21)35-30-32-12-10-26(34-30)23-5-4-11-31-19-23)33-29(38)25-9-7-22(17-28(25)41-42(3,39)40)20-37-15-13-36(2)14-16-37/h4-12,17-19H,13-16,20H2,1-3H3,(H,33,38)(H,32,34,35). The lowest BCUT2D eigenvalue weighted by molar-refractivity contribution is 0.102. The van der Waals surface area contributed by atoms with E-state index >= 15 is 0 Å². The fourth-order valence-corrected chi connectivity index (χ4v) is 5.06. The fraction of sp³-hybridized carbons (Fsp3) is 0.267. The van der Waals surface area contributed by atoms with Crippen LogP contribution in [0.1, 0.15) is 21.5 Å². The third kappa shape index (κ3) is 7.66. The van der Waals surface area contributed by atoms with Crippen molar-refractivity contribution in [1.82, 2.24) is 24.8 Å². The van der Waals surface area contributed by atoms with Gasteiger partial charge in [0, 0.05) is 68.3 Å². The maximum atomic E-state index is 13.4. The van der Waals surface area contributed by atoms with Gasteiger partial charge >= 0.3 is 10.1 Å². The van der Waals surface area contributed by atoms with Crippen molar-refractivity contribution in [2.24, 2.45) is 0 Å². The predicted molar refractivity (Wildman–Crippen MR) is 162 cm³/mol. The van der Waals surface area contributed by atoms with Gasteiger partial charge in [-0.2, -0.15) is 8.42 Å². The van der Waals surface area contributed by atoms with E-state index in [4.69, 9.17) is 4.18 Å². The number of aromatic nitrogens is 3. The lowest BCUT2D eigenvalue weighted by Gasteiger charge is -2.32. The molecule has 1 aliphatic rings. The average molecular weight is 588 g/mol. The van der Waals surface area contributed by atoms with Gasteiger partial charge in [-0.25, -0.2) is 9.97 Å². The van der Waals surface area contributed by atoms with E-state index < -0.39 is 16.0 Å². The Bertz CT molecular complexity index is 1670. The van der Waals surface area contributed by atoms with E-state index in [2.05, 4.69) is 42.4 Å². The second kappa shape index (κ2) is 12.6. The quantitative estimate of drug-likeness (QED) is 0.278. The summed E-state index contributed by atoms with van der Waals surface area (Å²) in [6.45, 7) is 6.29. The lowest BCUT2D eigenvalue weighted by atomic mass is 10.1. The first-order valence-electron chi connectivity index (χ1n) is 13.5. The van der Waals surface area contributed by atoms with Crippen molar-refractivity contribution in [3.63, 3.8) is 0 Å². The SMILES string of the molecule is Cc1ccc(NC(=O)c2ccc(CN3CCN(C)CC3)cc2OS(C)(=O)=O)cc1Nc1nccc(-c2cccnc2)n1. The number of amides is 1. The van der Waals surface area contributed by atoms with Crippen LogP contribution in [0.25, 0.3) is 11.3 Å². The minimum absolute atomic E-state index is 0.00676. The molecule has 2 aromatic carbocycles. The van der Waals surface area contributed by atoms with Crippen molar-refractivity contribution in [3.05, 3.63) is 89.9 Å². The summed E-state index contributed by atoms with van der Waals surface area (Å²) in [5, 5.41) is 6.08. The number of nitrogens with zero attached hydrogens (tertiary/aromatic N) is 5. The van der Waals surface area contributed by atoms with E-state index in [1.807, 2.05) is 31.2 Å². The average Bonchev–Trinajstić information content (AvgIpc) is 2.96. The van der Waals surface area contributed by atoms with Crippen molar-refractivity contribution in [3.8, 4) is 17.0 Å². The Morgan fingerprint density at radius 3 is 2.57 bits per heavy atom. The van der Waals surface area contributed by atoms with Gasteiger partial charge in [-0.05, 0) is 67.6 Å². The number of piperazine rings is 1. The van der Waals surface area contributed by atoms with Gasteiger partial charge in [0.25, 0.3) is 5.91 Å². The van der Waals surface area contributed by atoms with Crippen molar-refractivity contribution >= 4 is 33.3 Å². The van der Waals surface area contributed by atoms with Gasteiger partial charge in [0.1, 0.15) is 0 Å². The van der Waals surface area contributed by atoms with Crippen molar-refractivity contribution in [2.45, 2.75) is 13.5 Å². The zero-order valence-corrected chi connectivity index (χ0v) is 24.6. The van der Waals surface area contributed by atoms with Crippen LogP contribution in [0, 0.1) is 6.92 Å². The number of carbonyl (C=O) groups excluding carboxylic acids is 1. The number of carbonyl (C=O) groups is 1. The van der Waals surface area contributed by atoms with E-state index in [1.165, 1.54) is 0 Å². The zero-order valence-electron chi connectivity index (χ0n) is 23.7. The zero-order chi connectivity index (χ0) is 29.7. The summed E-state index contributed by atoms with van der Waals surface area (Å²) in [6.07, 6.45) is 6.06. The van der Waals surface area contributed by atoms with Gasteiger partial charge in [0.2, 0.25) is 5.95 Å². The topological polar surface area (TPSA) is 130 Å². The van der Waals surface area contributed by atoms with Gasteiger partial charge in [0.05, 0.1) is 17.5 Å². The second-order valence-electron chi connectivity index (χ2n) is 10.3. The van der Waals surface area contributed by atoms with Crippen LogP contribution in [0.3, 0.4) is 0 Å². The van der Waals surface area contributed by atoms with E-state index in [0.29, 0.717) is 23.9 Å². The molecular formula is C30H33N7O4S. The van der Waals surface area contributed by atoms with Crippen molar-refractivity contribution in [2.75, 3.05) is 50.1 Å². The second-order valence-corrected chi connectivity index (χ2v) is 11.9. The number of likely N-dealkylation sites (N-methyl/N-ethyl adjacent to an activating group) is 1. The highest BCUT2D eigenvalue weighted by Gasteiger charge is 2.20. The summed E-state index contributed by atoms with van der Waals surface area (Å²) in [5.74, 6) is -0.111. The van der Waals surface area contributed by atoms with Gasteiger partial charge in [-0.1, -0.05) is 12.1 Å². The van der Waals surface area contributed by atoms with E-state index in [1.54, 1.807) is 48.9 Å². The first-order chi connectivity index (χ1) is 20.1. The fourth-order valence-electron chi connectivity index (χ4n) is 4.60. The van der Waals surface area contributed by atoms with Crippen LogP contribution in [0.5, 0.6) is 5.75 Å². The summed E-state index contributed by atoms with van der Waals surface area (Å²) < 4.78 is 29.4. The molecule has 5 rings (SSSR count). The Hall–Kier alpha value is -4.39. The summed E-state index contributed by atoms with van der Waals surface area (Å²) in [7, 11) is -1.77. The largest absolute Gasteiger partial charge is 0.382 e. The molecule has 1 saturated heterocycles. The molecule has 0 spiro atoms. The molecular weight excluding hydrogens is 554 g/mol. The molecule has 3 heterocycles. The van der Waals surface area contributed by atoms with E-state index in [9.17, 15) is 13.2 Å². The summed E-state index contributed by atoms with van der Waals surface area (Å²) in [5.41, 5.74) is 4.68. The monoisotopic (exact) mass is 587 g/mol. The number of pyridine rings is 1. The number of benzene rings is 2. The van der Waals surface area contributed by atoms with Crippen molar-refractivity contribution in [1.29, 1.82) is 0 Å². The molecule has 0 unspecified atom stereocenters. The number of anilines is 3. The molecule has 11 nitrogen and oxygen atoms in total. The van der Waals surface area contributed by atoms with Crippen LogP contribution in [-0.2, 0) is 16.7 Å². The van der Waals surface area contributed by atoms with Crippen LogP contribution < -0.4 is 14.8 Å². The van der Waals surface area contributed by atoms with Gasteiger partial charge in [-0.3, -0.25) is 14.7 Å². The molecule has 0 radical (unpaired) electrons. The molecule has 1 amide bonds. The van der Waals surface area contributed by atoms with E-state index in [0.717, 1.165) is 54.8 Å². The summed E-state index contributed by atoms with van der Waals surface area (Å²) in [6, 6.07) is 16.0. The lowest BCUT2D eigenvalue weighted by Crippen LogP contribution is -2.43.